The summed E-state index contributed by atoms with van der Waals surface area (Å²) in [4.78, 5) is 0. The van der Waals surface area contributed by atoms with Gasteiger partial charge in [0, 0.05) is 4.43 Å². The Morgan fingerprint density at radius 3 is 2.00 bits per heavy atom. The molecule has 0 saturated carbocycles. The van der Waals surface area contributed by atoms with E-state index >= 15 is 0 Å². The number of alkyl halides is 1. The standard InChI is InChI=1S/C15H23IO/c1-11(2)13-6-8-14(9-7-13)15(5,10-16)17-12(3)4/h6-9,11-12H,10H2,1-5H3. The van der Waals surface area contributed by atoms with Gasteiger partial charge in [-0.05, 0) is 37.8 Å². The van der Waals surface area contributed by atoms with Crippen molar-refractivity contribution in [3.05, 3.63) is 35.4 Å². The minimum absolute atomic E-state index is 0.176. The molecule has 1 atom stereocenters. The number of rotatable bonds is 5. The van der Waals surface area contributed by atoms with Crippen molar-refractivity contribution in [2.24, 2.45) is 0 Å². The highest BCUT2D eigenvalue weighted by molar-refractivity contribution is 14.1. The molecule has 0 aliphatic rings. The van der Waals surface area contributed by atoms with Gasteiger partial charge in [0.1, 0.15) is 0 Å². The Hall–Kier alpha value is -0.0900. The zero-order chi connectivity index (χ0) is 13.1. The largest absolute Gasteiger partial charge is 0.367 e. The van der Waals surface area contributed by atoms with E-state index in [1.807, 2.05) is 0 Å². The molecule has 0 bridgehead atoms. The van der Waals surface area contributed by atoms with Crippen LogP contribution in [0.4, 0.5) is 0 Å². The first-order valence-corrected chi connectivity index (χ1v) is 7.76. The van der Waals surface area contributed by atoms with Crippen LogP contribution in [0.25, 0.3) is 0 Å². The highest BCUT2D eigenvalue weighted by atomic mass is 127. The summed E-state index contributed by atoms with van der Waals surface area (Å²) >= 11 is 2.40. The minimum Gasteiger partial charge on any atom is -0.367 e. The van der Waals surface area contributed by atoms with Gasteiger partial charge in [0.05, 0.1) is 11.7 Å². The van der Waals surface area contributed by atoms with Crippen LogP contribution in [0.2, 0.25) is 0 Å². The molecule has 1 rings (SSSR count). The van der Waals surface area contributed by atoms with E-state index < -0.39 is 0 Å². The van der Waals surface area contributed by atoms with Gasteiger partial charge in [0.2, 0.25) is 0 Å². The van der Waals surface area contributed by atoms with E-state index in [-0.39, 0.29) is 11.7 Å². The van der Waals surface area contributed by atoms with Crippen molar-refractivity contribution in [2.75, 3.05) is 4.43 Å². The van der Waals surface area contributed by atoms with Crippen molar-refractivity contribution < 1.29 is 4.74 Å². The molecule has 2 heteroatoms. The van der Waals surface area contributed by atoms with Gasteiger partial charge in [-0.1, -0.05) is 60.7 Å². The molecular formula is C15H23IO. The number of ether oxygens (including phenoxy) is 1. The summed E-state index contributed by atoms with van der Waals surface area (Å²) in [5, 5.41) is 0. The average Bonchev–Trinajstić information content (AvgIpc) is 2.28. The van der Waals surface area contributed by atoms with Gasteiger partial charge in [-0.2, -0.15) is 0 Å². The van der Waals surface area contributed by atoms with Crippen molar-refractivity contribution in [1.82, 2.24) is 0 Å². The van der Waals surface area contributed by atoms with Crippen molar-refractivity contribution in [3.8, 4) is 0 Å². The minimum atomic E-state index is -0.176. The average molecular weight is 346 g/mol. The van der Waals surface area contributed by atoms with Crippen LogP contribution >= 0.6 is 22.6 Å². The number of benzene rings is 1. The molecule has 17 heavy (non-hydrogen) atoms. The molecule has 0 amide bonds. The summed E-state index contributed by atoms with van der Waals surface area (Å²) in [5.41, 5.74) is 2.48. The zero-order valence-corrected chi connectivity index (χ0v) is 13.6. The molecular weight excluding hydrogens is 323 g/mol. The van der Waals surface area contributed by atoms with Crippen LogP contribution in [0.5, 0.6) is 0 Å². The Bertz CT molecular complexity index is 342. The normalized spacial score (nSPS) is 15.3. The van der Waals surface area contributed by atoms with Crippen molar-refractivity contribution >= 4 is 22.6 Å². The maximum absolute atomic E-state index is 6.07. The van der Waals surface area contributed by atoms with Gasteiger partial charge in [-0.3, -0.25) is 0 Å². The van der Waals surface area contributed by atoms with Gasteiger partial charge in [-0.15, -0.1) is 0 Å². The maximum Gasteiger partial charge on any atom is 0.0995 e. The van der Waals surface area contributed by atoms with Gasteiger partial charge in [0.15, 0.2) is 0 Å². The molecule has 0 fully saturated rings. The molecule has 96 valence electrons. The van der Waals surface area contributed by atoms with Crippen molar-refractivity contribution in [2.45, 2.75) is 52.2 Å². The lowest BCUT2D eigenvalue weighted by Crippen LogP contribution is -2.30. The molecule has 0 radical (unpaired) electrons. The predicted octanol–water partition coefficient (Wildman–Crippen LogP) is 4.89. The zero-order valence-electron chi connectivity index (χ0n) is 11.5. The fourth-order valence-electron chi connectivity index (χ4n) is 1.92. The highest BCUT2D eigenvalue weighted by Gasteiger charge is 2.27. The molecule has 1 aromatic carbocycles. The fraction of sp³-hybridized carbons (Fsp3) is 0.600. The molecule has 1 unspecified atom stereocenters. The third-order valence-electron chi connectivity index (χ3n) is 2.94. The smallest absolute Gasteiger partial charge is 0.0995 e. The second kappa shape index (κ2) is 6.19. The summed E-state index contributed by atoms with van der Waals surface area (Å²) < 4.78 is 7.03. The lowest BCUT2D eigenvalue weighted by atomic mass is 9.94. The van der Waals surface area contributed by atoms with Crippen LogP contribution in [0.15, 0.2) is 24.3 Å². The lowest BCUT2D eigenvalue weighted by Gasteiger charge is -2.31. The molecule has 1 aromatic rings. The first-order valence-electron chi connectivity index (χ1n) is 6.23. The molecule has 0 saturated heterocycles. The van der Waals surface area contributed by atoms with Gasteiger partial charge in [-0.25, -0.2) is 0 Å². The molecule has 0 heterocycles. The summed E-state index contributed by atoms with van der Waals surface area (Å²) in [6.07, 6.45) is 0.250. The number of hydrogen-bond acceptors (Lipinski definition) is 1. The Morgan fingerprint density at radius 1 is 1.12 bits per heavy atom. The first-order chi connectivity index (χ1) is 7.89. The van der Waals surface area contributed by atoms with Gasteiger partial charge in [0.25, 0.3) is 0 Å². The monoisotopic (exact) mass is 346 g/mol. The second-order valence-electron chi connectivity index (χ2n) is 5.31. The molecule has 0 aliphatic carbocycles. The van der Waals surface area contributed by atoms with E-state index in [4.69, 9.17) is 4.74 Å². The Balaban J connectivity index is 2.96. The van der Waals surface area contributed by atoms with Crippen molar-refractivity contribution in [3.63, 3.8) is 0 Å². The van der Waals surface area contributed by atoms with E-state index in [2.05, 4.69) is 81.5 Å². The molecule has 0 aromatic heterocycles. The van der Waals surface area contributed by atoms with Crippen molar-refractivity contribution in [1.29, 1.82) is 0 Å². The Labute approximate surface area is 119 Å². The fourth-order valence-corrected chi connectivity index (χ4v) is 2.54. The highest BCUT2D eigenvalue weighted by Crippen LogP contribution is 2.30. The molecule has 1 nitrogen and oxygen atoms in total. The van der Waals surface area contributed by atoms with Crippen LogP contribution < -0.4 is 0 Å². The number of halogens is 1. The quantitative estimate of drug-likeness (QED) is 0.545. The lowest BCUT2D eigenvalue weighted by molar-refractivity contribution is -0.0544. The Morgan fingerprint density at radius 2 is 1.65 bits per heavy atom. The summed E-state index contributed by atoms with van der Waals surface area (Å²) in [6, 6.07) is 8.84. The van der Waals surface area contributed by atoms with E-state index in [0.29, 0.717) is 5.92 Å². The number of hydrogen-bond donors (Lipinski definition) is 0. The van der Waals surface area contributed by atoms with Crippen LogP contribution in [-0.4, -0.2) is 10.5 Å². The molecule has 0 N–H and O–H groups in total. The van der Waals surface area contributed by atoms with Crippen LogP contribution in [0.1, 0.15) is 51.7 Å². The SMILES string of the molecule is CC(C)OC(C)(CI)c1ccc(C(C)C)cc1. The van der Waals surface area contributed by atoms with E-state index in [9.17, 15) is 0 Å². The third-order valence-corrected chi connectivity index (χ3v) is 4.39. The molecule has 0 spiro atoms. The van der Waals surface area contributed by atoms with E-state index in [0.717, 1.165) is 4.43 Å². The summed E-state index contributed by atoms with van der Waals surface area (Å²) in [6.45, 7) is 10.8. The van der Waals surface area contributed by atoms with Crippen LogP contribution in [0, 0.1) is 0 Å². The van der Waals surface area contributed by atoms with Gasteiger partial charge < -0.3 is 4.74 Å². The first kappa shape index (κ1) is 15.0. The third kappa shape index (κ3) is 3.95. The Kier molecular flexibility index (Phi) is 5.45. The second-order valence-corrected chi connectivity index (χ2v) is 6.07. The van der Waals surface area contributed by atoms with Crippen LogP contribution in [0.3, 0.4) is 0 Å². The predicted molar refractivity (Wildman–Crippen MR) is 83.0 cm³/mol. The van der Waals surface area contributed by atoms with E-state index in [1.54, 1.807) is 0 Å². The summed E-state index contributed by atoms with van der Waals surface area (Å²) in [5.74, 6) is 0.584. The topological polar surface area (TPSA) is 9.23 Å². The maximum atomic E-state index is 6.07. The van der Waals surface area contributed by atoms with E-state index in [1.165, 1.54) is 11.1 Å². The van der Waals surface area contributed by atoms with Crippen LogP contribution in [-0.2, 0) is 10.3 Å². The van der Waals surface area contributed by atoms with Gasteiger partial charge >= 0.3 is 0 Å². The summed E-state index contributed by atoms with van der Waals surface area (Å²) in [7, 11) is 0. The molecule has 0 aliphatic heterocycles.